The zero-order chi connectivity index (χ0) is 21.0. The summed E-state index contributed by atoms with van der Waals surface area (Å²) < 4.78 is 0. The summed E-state index contributed by atoms with van der Waals surface area (Å²) in [5.41, 5.74) is 3.39. The Kier molecular flexibility index (Phi) is 6.91. The molecule has 0 radical (unpaired) electrons. The molecule has 1 aliphatic heterocycles. The van der Waals surface area contributed by atoms with Gasteiger partial charge in [-0.05, 0) is 35.4 Å². The van der Waals surface area contributed by atoms with Crippen molar-refractivity contribution in [3.05, 3.63) is 95.8 Å². The van der Waals surface area contributed by atoms with Crippen molar-refractivity contribution in [3.8, 4) is 6.07 Å². The van der Waals surface area contributed by atoms with Crippen LogP contribution >= 0.6 is 24.0 Å². The molecule has 3 aromatic rings. The van der Waals surface area contributed by atoms with Gasteiger partial charge in [0.2, 0.25) is 6.10 Å². The number of nitrogens with zero attached hydrogens (tertiary/aromatic N) is 3. The van der Waals surface area contributed by atoms with Crippen LogP contribution in [0.5, 0.6) is 0 Å². The van der Waals surface area contributed by atoms with Crippen LogP contribution in [-0.2, 0) is 14.5 Å². The molecule has 156 valence electrons. The number of hydrogen-bond acceptors (Lipinski definition) is 5. The van der Waals surface area contributed by atoms with E-state index >= 15 is 0 Å². The number of rotatable bonds is 5. The SMILES string of the molecule is Cl.N#CC(Cl)(c1ccccc1)c1ccc(NC(=O)C2CC(c3cccnc3)=NO2)cc1. The number of hydrogen-bond donors (Lipinski definition) is 1. The van der Waals surface area contributed by atoms with Gasteiger partial charge in [0, 0.05) is 30.1 Å². The van der Waals surface area contributed by atoms with Crippen molar-refractivity contribution >= 4 is 41.3 Å². The standard InChI is InChI=1S/C23H17ClN4O2.ClH/c24-23(15-25,17-6-2-1-3-7-17)18-8-10-19(11-9-18)27-22(29)21-13-20(28-30-21)16-5-4-12-26-14-16;/h1-12,14,21H,13H2,(H,27,29);1H. The number of oxime groups is 1. The molecule has 2 aromatic carbocycles. The van der Waals surface area contributed by atoms with E-state index in [1.165, 1.54) is 0 Å². The monoisotopic (exact) mass is 452 g/mol. The van der Waals surface area contributed by atoms with E-state index < -0.39 is 11.0 Å². The summed E-state index contributed by atoms with van der Waals surface area (Å²) >= 11 is 6.62. The van der Waals surface area contributed by atoms with Crippen LogP contribution in [0.1, 0.15) is 23.1 Å². The summed E-state index contributed by atoms with van der Waals surface area (Å²) in [4.78, 5) is 20.6. The summed E-state index contributed by atoms with van der Waals surface area (Å²) in [6, 6.07) is 21.9. The Labute approximate surface area is 190 Å². The lowest BCUT2D eigenvalue weighted by Gasteiger charge is -2.20. The quantitative estimate of drug-likeness (QED) is 0.571. The molecule has 4 rings (SSSR count). The molecule has 1 aliphatic rings. The highest BCUT2D eigenvalue weighted by molar-refractivity contribution is 6.28. The summed E-state index contributed by atoms with van der Waals surface area (Å²) in [7, 11) is 0. The molecule has 8 heteroatoms. The van der Waals surface area contributed by atoms with Gasteiger partial charge in [-0.1, -0.05) is 59.2 Å². The number of carbonyl (C=O) groups excluding carboxylic acids is 1. The number of anilines is 1. The van der Waals surface area contributed by atoms with Crippen molar-refractivity contribution in [2.45, 2.75) is 17.4 Å². The molecule has 6 nitrogen and oxygen atoms in total. The minimum absolute atomic E-state index is 0. The molecule has 1 N–H and O–H groups in total. The highest BCUT2D eigenvalue weighted by Crippen LogP contribution is 2.36. The van der Waals surface area contributed by atoms with Crippen LogP contribution < -0.4 is 5.32 Å². The maximum absolute atomic E-state index is 12.5. The molecule has 2 heterocycles. The van der Waals surface area contributed by atoms with Gasteiger partial charge in [0.15, 0.2) is 4.87 Å². The van der Waals surface area contributed by atoms with Crippen LogP contribution in [0.15, 0.2) is 84.3 Å². The largest absolute Gasteiger partial charge is 0.382 e. The lowest BCUT2D eigenvalue weighted by Crippen LogP contribution is -2.28. The molecule has 0 saturated heterocycles. The zero-order valence-corrected chi connectivity index (χ0v) is 17.8. The van der Waals surface area contributed by atoms with Crippen LogP contribution in [0.25, 0.3) is 0 Å². The third-order valence-corrected chi connectivity index (χ3v) is 5.35. The predicted octanol–water partition coefficient (Wildman–Crippen LogP) is 4.64. The summed E-state index contributed by atoms with van der Waals surface area (Å²) in [5.74, 6) is -0.300. The first-order chi connectivity index (χ1) is 14.6. The Bertz CT molecular complexity index is 1120. The number of alkyl halides is 1. The maximum atomic E-state index is 12.5. The van der Waals surface area contributed by atoms with Crippen molar-refractivity contribution in [1.82, 2.24) is 4.98 Å². The van der Waals surface area contributed by atoms with E-state index in [2.05, 4.69) is 21.5 Å². The van der Waals surface area contributed by atoms with Crippen LogP contribution in [0.2, 0.25) is 0 Å². The number of nitrogens with one attached hydrogen (secondary N) is 1. The second-order valence-electron chi connectivity index (χ2n) is 6.78. The summed E-state index contributed by atoms with van der Waals surface area (Å²) in [5, 5.41) is 16.5. The molecule has 1 aromatic heterocycles. The Hall–Kier alpha value is -3.40. The first-order valence-corrected chi connectivity index (χ1v) is 9.68. The van der Waals surface area contributed by atoms with Gasteiger partial charge in [0.05, 0.1) is 11.8 Å². The van der Waals surface area contributed by atoms with Crippen molar-refractivity contribution < 1.29 is 9.63 Å². The normalized spacial score (nSPS) is 16.6. The van der Waals surface area contributed by atoms with E-state index in [4.69, 9.17) is 16.4 Å². The summed E-state index contributed by atoms with van der Waals surface area (Å²) in [6.45, 7) is 0. The number of pyridine rings is 1. The number of aromatic nitrogens is 1. The third kappa shape index (κ3) is 4.69. The van der Waals surface area contributed by atoms with Crippen LogP contribution in [0.4, 0.5) is 5.69 Å². The highest BCUT2D eigenvalue weighted by atomic mass is 35.5. The van der Waals surface area contributed by atoms with Crippen LogP contribution in [-0.4, -0.2) is 22.7 Å². The fraction of sp³-hybridized carbons (Fsp3) is 0.130. The number of nitriles is 1. The second-order valence-corrected chi connectivity index (χ2v) is 7.35. The second kappa shape index (κ2) is 9.61. The van der Waals surface area contributed by atoms with Crippen molar-refractivity contribution in [2.75, 3.05) is 5.32 Å². The van der Waals surface area contributed by atoms with Crippen LogP contribution in [0, 0.1) is 11.3 Å². The molecular formula is C23H18Cl2N4O2. The average Bonchev–Trinajstić information content (AvgIpc) is 3.31. The third-order valence-electron chi connectivity index (χ3n) is 4.83. The van der Waals surface area contributed by atoms with Crippen molar-refractivity contribution in [3.63, 3.8) is 0 Å². The van der Waals surface area contributed by atoms with Gasteiger partial charge >= 0.3 is 0 Å². The maximum Gasteiger partial charge on any atom is 0.268 e. The highest BCUT2D eigenvalue weighted by Gasteiger charge is 2.32. The molecule has 0 aliphatic carbocycles. The number of carbonyl (C=O) groups is 1. The minimum Gasteiger partial charge on any atom is -0.382 e. The Morgan fingerprint density at radius 2 is 1.81 bits per heavy atom. The molecule has 2 atom stereocenters. The molecule has 0 saturated carbocycles. The molecule has 31 heavy (non-hydrogen) atoms. The Morgan fingerprint density at radius 3 is 2.45 bits per heavy atom. The topological polar surface area (TPSA) is 87.4 Å². The lowest BCUT2D eigenvalue weighted by molar-refractivity contribution is -0.125. The van der Waals surface area contributed by atoms with E-state index in [1.807, 2.05) is 36.4 Å². The minimum atomic E-state index is -1.30. The van der Waals surface area contributed by atoms with Gasteiger partial charge < -0.3 is 10.2 Å². The van der Waals surface area contributed by atoms with Gasteiger partial charge in [-0.2, -0.15) is 5.26 Å². The molecule has 0 spiro atoms. The smallest absolute Gasteiger partial charge is 0.268 e. The average molecular weight is 453 g/mol. The fourth-order valence-corrected chi connectivity index (χ4v) is 3.44. The molecule has 0 bridgehead atoms. The summed E-state index contributed by atoms with van der Waals surface area (Å²) in [6.07, 6.45) is 3.01. The number of amides is 1. The first kappa shape index (κ1) is 22.3. The Morgan fingerprint density at radius 1 is 1.10 bits per heavy atom. The van der Waals surface area contributed by atoms with E-state index in [-0.39, 0.29) is 18.3 Å². The Balaban J connectivity index is 0.00000272. The van der Waals surface area contributed by atoms with Gasteiger partial charge in [-0.25, -0.2) is 0 Å². The van der Waals surface area contributed by atoms with Gasteiger partial charge in [0.1, 0.15) is 0 Å². The van der Waals surface area contributed by atoms with Gasteiger partial charge in [0.25, 0.3) is 5.91 Å². The number of benzene rings is 2. The van der Waals surface area contributed by atoms with Crippen molar-refractivity contribution in [2.24, 2.45) is 5.16 Å². The van der Waals surface area contributed by atoms with E-state index in [9.17, 15) is 10.1 Å². The van der Waals surface area contributed by atoms with Gasteiger partial charge in [-0.15, -0.1) is 12.4 Å². The molecule has 0 fully saturated rings. The van der Waals surface area contributed by atoms with Crippen molar-refractivity contribution in [1.29, 1.82) is 5.26 Å². The van der Waals surface area contributed by atoms with Gasteiger partial charge in [-0.3, -0.25) is 9.78 Å². The zero-order valence-electron chi connectivity index (χ0n) is 16.2. The lowest BCUT2D eigenvalue weighted by atomic mass is 9.91. The molecule has 1 amide bonds. The predicted molar refractivity (Wildman–Crippen MR) is 121 cm³/mol. The molecule has 2 unspecified atom stereocenters. The fourth-order valence-electron chi connectivity index (χ4n) is 3.19. The number of halogens is 2. The van der Waals surface area contributed by atoms with E-state index in [0.717, 1.165) is 5.56 Å². The van der Waals surface area contributed by atoms with E-state index in [0.29, 0.717) is 28.9 Å². The first-order valence-electron chi connectivity index (χ1n) is 9.30. The van der Waals surface area contributed by atoms with Crippen LogP contribution in [0.3, 0.4) is 0 Å². The molecular weight excluding hydrogens is 435 g/mol. The van der Waals surface area contributed by atoms with E-state index in [1.54, 1.807) is 42.7 Å².